The SMILES string of the molecule is C[C@@H]1CCOC2C(=O)C3(C)C4CC[C@H]5C(C)(C)[C@@H](O[C@H]6CN(C7CCN(C8COC8)CC7)CCO6)CC[C@@]56C[C@@]46CC[C@]3(C)[C@H]21. The number of nitrogens with zero attached hydrogens (tertiary/aromatic N) is 2. The van der Waals surface area contributed by atoms with Gasteiger partial charge in [0.05, 0.1) is 32.0 Å². The highest BCUT2D eigenvalue weighted by molar-refractivity contribution is 5.93. The van der Waals surface area contributed by atoms with Crippen molar-refractivity contribution in [2.45, 2.75) is 129 Å². The number of Topliss-reactive ketones (excluding diaryl/α,β-unsaturated/α-hetero) is 1. The molecular weight excluding hydrogens is 564 g/mol. The van der Waals surface area contributed by atoms with Crippen LogP contribution in [0.2, 0.25) is 0 Å². The molecule has 9 fully saturated rings. The van der Waals surface area contributed by atoms with Crippen LogP contribution < -0.4 is 0 Å². The molecule has 252 valence electrons. The van der Waals surface area contributed by atoms with E-state index in [-0.39, 0.29) is 34.7 Å². The number of carbonyl (C=O) groups is 1. The lowest BCUT2D eigenvalue weighted by Gasteiger charge is -2.62. The van der Waals surface area contributed by atoms with E-state index in [1.54, 1.807) is 0 Å². The molecule has 5 aliphatic carbocycles. The number of ether oxygens (including phenoxy) is 4. The third kappa shape index (κ3) is 3.95. The van der Waals surface area contributed by atoms with Gasteiger partial charge in [0.1, 0.15) is 6.10 Å². The van der Waals surface area contributed by atoms with Gasteiger partial charge in [-0.3, -0.25) is 14.6 Å². The van der Waals surface area contributed by atoms with Crippen LogP contribution in [0.15, 0.2) is 0 Å². The molecule has 0 amide bonds. The van der Waals surface area contributed by atoms with Gasteiger partial charge in [-0.15, -0.1) is 0 Å². The first kappa shape index (κ1) is 30.5. The molecule has 7 heteroatoms. The van der Waals surface area contributed by atoms with E-state index in [4.69, 9.17) is 18.9 Å². The molecule has 7 nitrogen and oxygen atoms in total. The fourth-order valence-corrected chi connectivity index (χ4v) is 14.4. The second-order valence-corrected chi connectivity index (χ2v) is 18.5. The third-order valence-electron chi connectivity index (χ3n) is 17.0. The predicted octanol–water partition coefficient (Wildman–Crippen LogP) is 5.55. The third-order valence-corrected chi connectivity index (χ3v) is 17.0. The summed E-state index contributed by atoms with van der Waals surface area (Å²) in [7, 11) is 0. The van der Waals surface area contributed by atoms with Crippen molar-refractivity contribution in [3.8, 4) is 0 Å². The monoisotopic (exact) mass is 624 g/mol. The molecule has 0 N–H and O–H groups in total. The number of likely N-dealkylation sites (tertiary alicyclic amines) is 1. The van der Waals surface area contributed by atoms with Gasteiger partial charge in [0.25, 0.3) is 0 Å². The first-order chi connectivity index (χ1) is 21.6. The first-order valence-corrected chi connectivity index (χ1v) is 19.0. The summed E-state index contributed by atoms with van der Waals surface area (Å²) in [5, 5.41) is 0. The molecule has 45 heavy (non-hydrogen) atoms. The van der Waals surface area contributed by atoms with E-state index in [0.29, 0.717) is 52.4 Å². The number of piperidine rings is 1. The fourth-order valence-electron chi connectivity index (χ4n) is 14.4. The lowest BCUT2D eigenvalue weighted by Crippen LogP contribution is -2.60. The molecule has 5 saturated carbocycles. The van der Waals surface area contributed by atoms with Crippen LogP contribution >= 0.6 is 0 Å². The van der Waals surface area contributed by atoms with Gasteiger partial charge in [0.2, 0.25) is 0 Å². The minimum absolute atomic E-state index is 0.0728. The maximum absolute atomic E-state index is 14.5. The van der Waals surface area contributed by atoms with Crippen LogP contribution in [0.4, 0.5) is 0 Å². The lowest BCUT2D eigenvalue weighted by molar-refractivity contribution is -0.250. The molecule has 9 aliphatic rings. The van der Waals surface area contributed by atoms with Gasteiger partial charge in [-0.1, -0.05) is 34.6 Å². The molecule has 0 bridgehead atoms. The molecule has 9 rings (SSSR count). The number of ketones is 1. The Balaban J connectivity index is 0.893. The zero-order valence-electron chi connectivity index (χ0n) is 28.9. The summed E-state index contributed by atoms with van der Waals surface area (Å²) in [5.41, 5.74) is 0.678. The van der Waals surface area contributed by atoms with Crippen molar-refractivity contribution in [2.24, 2.45) is 50.7 Å². The van der Waals surface area contributed by atoms with Crippen molar-refractivity contribution in [1.82, 2.24) is 9.80 Å². The van der Waals surface area contributed by atoms with Crippen LogP contribution in [0, 0.1) is 50.7 Å². The van der Waals surface area contributed by atoms with Crippen LogP contribution in [0.25, 0.3) is 0 Å². The van der Waals surface area contributed by atoms with Crippen LogP contribution in [-0.2, 0) is 23.7 Å². The second-order valence-electron chi connectivity index (χ2n) is 18.5. The van der Waals surface area contributed by atoms with Crippen molar-refractivity contribution in [3.63, 3.8) is 0 Å². The standard InChI is InChI=1S/C38H60N2O5/c1-24-11-18-44-32-31(24)35(4)13-14-38-23-37(38)12-8-29(34(2,3)27(37)6-7-28(38)36(35,5)33(32)41)45-30-20-40(17-19-43-30)25-9-15-39(16-10-25)26-21-42-22-26/h24-32H,6-23H2,1-5H3/t24-,27+,28?,29+,30+,31+,32?,35-,36?,37-,38+/m1/s1. The zero-order valence-corrected chi connectivity index (χ0v) is 28.9. The van der Waals surface area contributed by atoms with Gasteiger partial charge in [-0.25, -0.2) is 0 Å². The average Bonchev–Trinajstić information content (AvgIpc) is 3.63. The van der Waals surface area contributed by atoms with Gasteiger partial charge < -0.3 is 18.9 Å². The van der Waals surface area contributed by atoms with E-state index in [1.165, 1.54) is 64.5 Å². The van der Waals surface area contributed by atoms with Crippen molar-refractivity contribution >= 4 is 5.78 Å². The number of fused-ring (bicyclic) bond motifs is 4. The summed E-state index contributed by atoms with van der Waals surface area (Å²) in [5.74, 6) is 2.64. The summed E-state index contributed by atoms with van der Waals surface area (Å²) in [4.78, 5) is 19.8. The van der Waals surface area contributed by atoms with Gasteiger partial charge in [-0.05, 0) is 104 Å². The van der Waals surface area contributed by atoms with Crippen molar-refractivity contribution in [2.75, 3.05) is 52.6 Å². The number of morpholine rings is 1. The van der Waals surface area contributed by atoms with Crippen LogP contribution in [0.1, 0.15) is 98.8 Å². The van der Waals surface area contributed by atoms with Crippen LogP contribution in [-0.4, -0.2) is 98.8 Å². The second kappa shape index (κ2) is 10.2. The highest BCUT2D eigenvalue weighted by Gasteiger charge is 2.84. The lowest BCUT2D eigenvalue weighted by atomic mass is 9.41. The zero-order chi connectivity index (χ0) is 31.0. The molecule has 4 saturated heterocycles. The Morgan fingerprint density at radius 2 is 1.53 bits per heavy atom. The number of carbonyl (C=O) groups excluding carboxylic acids is 1. The van der Waals surface area contributed by atoms with Gasteiger partial charge in [0, 0.05) is 50.2 Å². The van der Waals surface area contributed by atoms with E-state index in [0.717, 1.165) is 52.4 Å². The molecule has 4 aliphatic heterocycles. The largest absolute Gasteiger partial charge is 0.378 e. The minimum Gasteiger partial charge on any atom is -0.378 e. The molecular formula is C38H60N2O5. The summed E-state index contributed by atoms with van der Waals surface area (Å²) in [6.45, 7) is 20.1. The molecule has 0 aromatic carbocycles. The van der Waals surface area contributed by atoms with E-state index >= 15 is 0 Å². The smallest absolute Gasteiger partial charge is 0.170 e. The number of hydrogen-bond acceptors (Lipinski definition) is 7. The first-order valence-electron chi connectivity index (χ1n) is 19.0. The average molecular weight is 625 g/mol. The van der Waals surface area contributed by atoms with Crippen LogP contribution in [0.3, 0.4) is 0 Å². The highest BCUT2D eigenvalue weighted by atomic mass is 16.7. The maximum atomic E-state index is 14.5. The molecule has 0 aromatic rings. The summed E-state index contributed by atoms with van der Waals surface area (Å²) >= 11 is 0. The summed E-state index contributed by atoms with van der Waals surface area (Å²) < 4.78 is 25.2. The molecule has 0 aromatic heterocycles. The quantitative estimate of drug-likeness (QED) is 0.407. The molecule has 2 spiro atoms. The molecule has 4 heterocycles. The van der Waals surface area contributed by atoms with Crippen molar-refractivity contribution in [3.05, 3.63) is 0 Å². The summed E-state index contributed by atoms with van der Waals surface area (Å²) in [6, 6.07) is 1.31. The van der Waals surface area contributed by atoms with Crippen molar-refractivity contribution in [1.29, 1.82) is 0 Å². The Labute approximate surface area is 271 Å². The minimum atomic E-state index is -0.244. The van der Waals surface area contributed by atoms with E-state index in [1.807, 2.05) is 0 Å². The normalized spacial score (nSPS) is 53.4. The Hall–Kier alpha value is -0.570. The molecule has 3 unspecified atom stereocenters. The Kier molecular flexibility index (Phi) is 6.93. The number of rotatable bonds is 4. The Morgan fingerprint density at radius 3 is 2.29 bits per heavy atom. The summed E-state index contributed by atoms with van der Waals surface area (Å²) in [6.07, 6.45) is 12.3. The maximum Gasteiger partial charge on any atom is 0.170 e. The topological polar surface area (TPSA) is 60.5 Å². The fraction of sp³-hybridized carbons (Fsp3) is 0.974. The number of hydrogen-bond donors (Lipinski definition) is 0. The predicted molar refractivity (Wildman–Crippen MR) is 172 cm³/mol. The Bertz CT molecular complexity index is 1200. The molecule has 11 atom stereocenters. The highest BCUT2D eigenvalue weighted by Crippen LogP contribution is 2.89. The van der Waals surface area contributed by atoms with E-state index < -0.39 is 0 Å². The van der Waals surface area contributed by atoms with Gasteiger partial charge in [0.15, 0.2) is 12.1 Å². The van der Waals surface area contributed by atoms with Gasteiger partial charge in [-0.2, -0.15) is 0 Å². The van der Waals surface area contributed by atoms with E-state index in [9.17, 15) is 4.79 Å². The van der Waals surface area contributed by atoms with Gasteiger partial charge >= 0.3 is 0 Å². The molecule has 0 radical (unpaired) electrons. The van der Waals surface area contributed by atoms with Crippen molar-refractivity contribution < 1.29 is 23.7 Å². The Morgan fingerprint density at radius 1 is 0.778 bits per heavy atom. The van der Waals surface area contributed by atoms with Crippen LogP contribution in [0.5, 0.6) is 0 Å². The van der Waals surface area contributed by atoms with E-state index in [2.05, 4.69) is 44.4 Å².